The highest BCUT2D eigenvalue weighted by Crippen LogP contribution is 2.29. The minimum absolute atomic E-state index is 0.242. The molecule has 25 heavy (non-hydrogen) atoms. The maximum Gasteiger partial charge on any atom is 0.416 e. The summed E-state index contributed by atoms with van der Waals surface area (Å²) in [6.07, 6.45) is -4.74. The first-order valence-electron chi connectivity index (χ1n) is 7.13. The van der Waals surface area contributed by atoms with Crippen molar-refractivity contribution >= 4 is 11.9 Å². The van der Waals surface area contributed by atoms with Crippen molar-refractivity contribution in [1.82, 2.24) is 5.32 Å². The summed E-state index contributed by atoms with van der Waals surface area (Å²) >= 11 is 0. The summed E-state index contributed by atoms with van der Waals surface area (Å²) < 4.78 is 51.1. The Hall–Kier alpha value is -2.90. The van der Waals surface area contributed by atoms with Gasteiger partial charge in [-0.2, -0.15) is 13.2 Å². The highest BCUT2D eigenvalue weighted by atomic mass is 19.4. The molecule has 0 heterocycles. The second-order valence-corrected chi connectivity index (χ2v) is 5.24. The molecule has 0 saturated carbocycles. The Morgan fingerprint density at radius 1 is 1.04 bits per heavy atom. The molecule has 0 aliphatic heterocycles. The number of carbonyl (C=O) groups is 2. The van der Waals surface area contributed by atoms with Gasteiger partial charge in [0.2, 0.25) is 0 Å². The van der Waals surface area contributed by atoms with Crippen LogP contribution in [0, 0.1) is 5.82 Å². The van der Waals surface area contributed by atoms with Crippen LogP contribution in [0.5, 0.6) is 0 Å². The lowest BCUT2D eigenvalue weighted by atomic mass is 10.0. The number of alkyl halides is 3. The van der Waals surface area contributed by atoms with E-state index < -0.39 is 35.5 Å². The Balaban J connectivity index is 2.12. The van der Waals surface area contributed by atoms with Gasteiger partial charge in [0.25, 0.3) is 5.91 Å². The van der Waals surface area contributed by atoms with Crippen molar-refractivity contribution in [2.75, 3.05) is 0 Å². The van der Waals surface area contributed by atoms with Crippen molar-refractivity contribution < 1.29 is 32.3 Å². The third kappa shape index (κ3) is 4.79. The lowest BCUT2D eigenvalue weighted by molar-refractivity contribution is -0.139. The van der Waals surface area contributed by atoms with Crippen molar-refractivity contribution in [3.63, 3.8) is 0 Å². The van der Waals surface area contributed by atoms with Crippen molar-refractivity contribution in [3.8, 4) is 0 Å². The maximum absolute atomic E-state index is 13.6. The van der Waals surface area contributed by atoms with Crippen molar-refractivity contribution in [3.05, 3.63) is 71.0 Å². The van der Waals surface area contributed by atoms with E-state index in [1.807, 2.05) is 0 Å². The summed E-state index contributed by atoms with van der Waals surface area (Å²) in [5.41, 5.74) is -0.895. The van der Waals surface area contributed by atoms with Crippen LogP contribution in [0.3, 0.4) is 0 Å². The fourth-order valence-electron chi connectivity index (χ4n) is 2.15. The van der Waals surface area contributed by atoms with Crippen LogP contribution in [-0.4, -0.2) is 23.0 Å². The molecule has 0 spiro atoms. The first kappa shape index (κ1) is 18.4. The van der Waals surface area contributed by atoms with E-state index in [0.717, 1.165) is 30.3 Å². The molecule has 2 aromatic rings. The van der Waals surface area contributed by atoms with E-state index in [2.05, 4.69) is 5.32 Å². The molecule has 0 aromatic heterocycles. The second kappa shape index (κ2) is 7.33. The van der Waals surface area contributed by atoms with Gasteiger partial charge in [-0.1, -0.05) is 24.3 Å². The van der Waals surface area contributed by atoms with Crippen LogP contribution in [0.15, 0.2) is 48.5 Å². The lowest BCUT2D eigenvalue weighted by Crippen LogP contribution is -2.42. The molecule has 2 N–H and O–H groups in total. The molecule has 2 aromatic carbocycles. The quantitative estimate of drug-likeness (QED) is 0.809. The smallest absolute Gasteiger partial charge is 0.416 e. The van der Waals surface area contributed by atoms with Gasteiger partial charge in [0.1, 0.15) is 11.9 Å². The summed E-state index contributed by atoms with van der Waals surface area (Å²) in [5.74, 6) is -3.11. The normalized spacial score (nSPS) is 12.5. The van der Waals surface area contributed by atoms with E-state index in [0.29, 0.717) is 0 Å². The number of rotatable bonds is 5. The number of carbonyl (C=O) groups excluding carboxylic acids is 1. The topological polar surface area (TPSA) is 66.4 Å². The molecular weight excluding hydrogens is 342 g/mol. The number of hydrogen-bond donors (Lipinski definition) is 2. The number of carboxylic acid groups (broad SMARTS) is 1. The predicted octanol–water partition coefficient (Wildman–Crippen LogP) is 3.27. The monoisotopic (exact) mass is 355 g/mol. The fraction of sp³-hybridized carbons (Fsp3) is 0.176. The zero-order chi connectivity index (χ0) is 18.6. The standard InChI is InChI=1S/C17H13F4NO3/c18-13-4-2-1-3-12(13)15(23)22-14(16(24)25)9-10-5-7-11(8-6-10)17(19,20)21/h1-8,14H,9H2,(H,22,23)(H,24,25)/t14-/m1/s1. The Labute approximate surface area is 140 Å². The molecular formula is C17H13F4NO3. The zero-order valence-electron chi connectivity index (χ0n) is 12.7. The summed E-state index contributed by atoms with van der Waals surface area (Å²) in [7, 11) is 0. The molecule has 0 radical (unpaired) electrons. The molecule has 132 valence electrons. The largest absolute Gasteiger partial charge is 0.480 e. The number of aliphatic carboxylic acids is 1. The Bertz CT molecular complexity index is 772. The van der Waals surface area contributed by atoms with Gasteiger partial charge in [-0.05, 0) is 29.8 Å². The number of amides is 1. The SMILES string of the molecule is O=C(N[C@H](Cc1ccc(C(F)(F)F)cc1)C(=O)O)c1ccccc1F. The van der Waals surface area contributed by atoms with Crippen LogP contribution >= 0.6 is 0 Å². The van der Waals surface area contributed by atoms with Crippen LogP contribution in [-0.2, 0) is 17.4 Å². The summed E-state index contributed by atoms with van der Waals surface area (Å²) in [4.78, 5) is 23.3. The molecule has 0 aliphatic carbocycles. The van der Waals surface area contributed by atoms with Gasteiger partial charge < -0.3 is 10.4 Å². The van der Waals surface area contributed by atoms with Crippen LogP contribution in [0.2, 0.25) is 0 Å². The minimum atomic E-state index is -4.50. The van der Waals surface area contributed by atoms with E-state index in [9.17, 15) is 32.3 Å². The van der Waals surface area contributed by atoms with E-state index >= 15 is 0 Å². The Kier molecular flexibility index (Phi) is 5.41. The third-order valence-electron chi connectivity index (χ3n) is 3.44. The average Bonchev–Trinajstić information content (AvgIpc) is 2.54. The summed E-state index contributed by atoms with van der Waals surface area (Å²) in [6.45, 7) is 0. The van der Waals surface area contributed by atoms with Crippen LogP contribution in [0.4, 0.5) is 17.6 Å². The third-order valence-corrected chi connectivity index (χ3v) is 3.44. The van der Waals surface area contributed by atoms with E-state index in [1.54, 1.807) is 0 Å². The number of carboxylic acids is 1. The lowest BCUT2D eigenvalue weighted by Gasteiger charge is -2.15. The average molecular weight is 355 g/mol. The summed E-state index contributed by atoms with van der Waals surface area (Å²) in [6, 6.07) is 7.56. The molecule has 0 aliphatic rings. The van der Waals surface area contributed by atoms with Gasteiger partial charge in [0.15, 0.2) is 0 Å². The summed E-state index contributed by atoms with van der Waals surface area (Å²) in [5, 5.41) is 11.4. The Morgan fingerprint density at radius 2 is 1.64 bits per heavy atom. The first-order valence-corrected chi connectivity index (χ1v) is 7.13. The van der Waals surface area contributed by atoms with Gasteiger partial charge in [-0.3, -0.25) is 4.79 Å². The molecule has 1 amide bonds. The predicted molar refractivity (Wildman–Crippen MR) is 80.4 cm³/mol. The van der Waals surface area contributed by atoms with Gasteiger partial charge in [-0.25, -0.2) is 9.18 Å². The zero-order valence-corrected chi connectivity index (χ0v) is 12.7. The maximum atomic E-state index is 13.6. The second-order valence-electron chi connectivity index (χ2n) is 5.24. The molecule has 0 saturated heterocycles. The molecule has 0 fully saturated rings. The van der Waals surface area contributed by atoms with E-state index in [1.165, 1.54) is 18.2 Å². The highest BCUT2D eigenvalue weighted by Gasteiger charge is 2.30. The first-order chi connectivity index (χ1) is 11.7. The van der Waals surface area contributed by atoms with Gasteiger partial charge in [0, 0.05) is 6.42 Å². The van der Waals surface area contributed by atoms with Crippen molar-refractivity contribution in [2.24, 2.45) is 0 Å². The Morgan fingerprint density at radius 3 is 2.16 bits per heavy atom. The van der Waals surface area contributed by atoms with E-state index in [4.69, 9.17) is 0 Å². The van der Waals surface area contributed by atoms with Crippen molar-refractivity contribution in [2.45, 2.75) is 18.6 Å². The van der Waals surface area contributed by atoms with E-state index in [-0.39, 0.29) is 17.5 Å². The van der Waals surface area contributed by atoms with Crippen LogP contribution < -0.4 is 5.32 Å². The van der Waals surface area contributed by atoms with Crippen LogP contribution in [0.1, 0.15) is 21.5 Å². The molecule has 8 heteroatoms. The minimum Gasteiger partial charge on any atom is -0.480 e. The van der Waals surface area contributed by atoms with Gasteiger partial charge >= 0.3 is 12.1 Å². The number of nitrogens with one attached hydrogen (secondary N) is 1. The number of hydrogen-bond acceptors (Lipinski definition) is 2. The number of benzene rings is 2. The van der Waals surface area contributed by atoms with Crippen LogP contribution in [0.25, 0.3) is 0 Å². The van der Waals surface area contributed by atoms with Crippen molar-refractivity contribution in [1.29, 1.82) is 0 Å². The molecule has 2 rings (SSSR count). The molecule has 1 atom stereocenters. The number of halogens is 4. The fourth-order valence-corrected chi connectivity index (χ4v) is 2.15. The molecule has 4 nitrogen and oxygen atoms in total. The molecule has 0 bridgehead atoms. The molecule has 0 unspecified atom stereocenters. The van der Waals surface area contributed by atoms with Gasteiger partial charge in [0.05, 0.1) is 11.1 Å². The van der Waals surface area contributed by atoms with Gasteiger partial charge in [-0.15, -0.1) is 0 Å². The highest BCUT2D eigenvalue weighted by molar-refractivity contribution is 5.96.